The van der Waals surface area contributed by atoms with Crippen LogP contribution in [-0.2, 0) is 4.79 Å². The molecule has 3 N–H and O–H groups in total. The van der Waals surface area contributed by atoms with E-state index in [4.69, 9.17) is 5.73 Å². The lowest BCUT2D eigenvalue weighted by Gasteiger charge is -2.27. The van der Waals surface area contributed by atoms with Crippen LogP contribution >= 0.6 is 0 Å². The van der Waals surface area contributed by atoms with E-state index in [1.165, 1.54) is 12.8 Å². The van der Waals surface area contributed by atoms with Gasteiger partial charge in [0.2, 0.25) is 5.91 Å². The Labute approximate surface area is 104 Å². The zero-order chi connectivity index (χ0) is 12.3. The van der Waals surface area contributed by atoms with E-state index in [2.05, 4.69) is 17.3 Å². The van der Waals surface area contributed by atoms with Gasteiger partial charge in [0, 0.05) is 24.5 Å². The topological polar surface area (TPSA) is 58.4 Å². The van der Waals surface area contributed by atoms with Crippen LogP contribution in [0.15, 0.2) is 0 Å². The minimum absolute atomic E-state index is 0.158. The highest BCUT2D eigenvalue weighted by atomic mass is 16.1. The molecule has 0 aromatic carbocycles. The maximum Gasteiger partial charge on any atom is 0.223 e. The van der Waals surface area contributed by atoms with Crippen LogP contribution in [0.25, 0.3) is 0 Å². The number of amides is 1. The Hall–Kier alpha value is -0.610. The summed E-state index contributed by atoms with van der Waals surface area (Å²) < 4.78 is 0. The molecule has 2 rings (SSSR count). The minimum Gasteiger partial charge on any atom is -0.354 e. The van der Waals surface area contributed by atoms with E-state index in [0.29, 0.717) is 6.04 Å². The van der Waals surface area contributed by atoms with E-state index in [1.807, 2.05) is 0 Å². The number of hydrogen-bond acceptors (Lipinski definition) is 3. The maximum absolute atomic E-state index is 12.0. The zero-order valence-electron chi connectivity index (χ0n) is 10.8. The Morgan fingerprint density at radius 2 is 2.18 bits per heavy atom. The van der Waals surface area contributed by atoms with E-state index >= 15 is 0 Å². The third-order valence-corrected chi connectivity index (χ3v) is 4.27. The van der Waals surface area contributed by atoms with Gasteiger partial charge in [0.1, 0.15) is 0 Å². The first-order chi connectivity index (χ1) is 8.16. The number of likely N-dealkylation sites (tertiary alicyclic amines) is 1. The monoisotopic (exact) mass is 239 g/mol. The Morgan fingerprint density at radius 3 is 2.82 bits per heavy atom. The van der Waals surface area contributed by atoms with Crippen molar-refractivity contribution in [3.05, 3.63) is 0 Å². The SMILES string of the molecule is CN1CCCC1CNC(=O)C1CCCC(N)C1. The zero-order valence-corrected chi connectivity index (χ0v) is 10.8. The summed E-state index contributed by atoms with van der Waals surface area (Å²) in [7, 11) is 2.14. The van der Waals surface area contributed by atoms with E-state index < -0.39 is 0 Å². The van der Waals surface area contributed by atoms with Crippen molar-refractivity contribution < 1.29 is 4.79 Å². The van der Waals surface area contributed by atoms with Crippen LogP contribution in [-0.4, -0.2) is 43.0 Å². The molecule has 3 unspecified atom stereocenters. The van der Waals surface area contributed by atoms with Gasteiger partial charge in [0.25, 0.3) is 0 Å². The summed E-state index contributed by atoms with van der Waals surface area (Å²) in [5.41, 5.74) is 5.92. The lowest BCUT2D eigenvalue weighted by Crippen LogP contribution is -2.43. The molecular formula is C13H25N3O. The fourth-order valence-corrected chi connectivity index (χ4v) is 3.07. The van der Waals surface area contributed by atoms with Crippen molar-refractivity contribution in [3.8, 4) is 0 Å². The third-order valence-electron chi connectivity index (χ3n) is 4.27. The van der Waals surface area contributed by atoms with E-state index in [1.54, 1.807) is 0 Å². The molecule has 4 heteroatoms. The minimum atomic E-state index is 0.158. The normalized spacial score (nSPS) is 34.8. The Morgan fingerprint density at radius 1 is 1.35 bits per heavy atom. The number of nitrogens with two attached hydrogens (primary N) is 1. The van der Waals surface area contributed by atoms with Crippen LogP contribution in [0.5, 0.6) is 0 Å². The van der Waals surface area contributed by atoms with Gasteiger partial charge in [0.15, 0.2) is 0 Å². The largest absolute Gasteiger partial charge is 0.354 e. The number of carbonyl (C=O) groups excluding carboxylic acids is 1. The highest BCUT2D eigenvalue weighted by molar-refractivity contribution is 5.78. The van der Waals surface area contributed by atoms with Crippen molar-refractivity contribution in [2.24, 2.45) is 11.7 Å². The van der Waals surface area contributed by atoms with Crippen molar-refractivity contribution >= 4 is 5.91 Å². The molecule has 1 saturated heterocycles. The molecule has 0 radical (unpaired) electrons. The average Bonchev–Trinajstić information content (AvgIpc) is 2.72. The van der Waals surface area contributed by atoms with Gasteiger partial charge in [0.05, 0.1) is 0 Å². The van der Waals surface area contributed by atoms with Crippen LogP contribution in [0.3, 0.4) is 0 Å². The number of nitrogens with zero attached hydrogens (tertiary/aromatic N) is 1. The van der Waals surface area contributed by atoms with Crippen LogP contribution in [0.1, 0.15) is 38.5 Å². The highest BCUT2D eigenvalue weighted by Crippen LogP contribution is 2.23. The van der Waals surface area contributed by atoms with Gasteiger partial charge in [-0.3, -0.25) is 4.79 Å². The van der Waals surface area contributed by atoms with Crippen LogP contribution in [0.4, 0.5) is 0 Å². The number of likely N-dealkylation sites (N-methyl/N-ethyl adjacent to an activating group) is 1. The molecule has 1 saturated carbocycles. The second kappa shape index (κ2) is 5.83. The van der Waals surface area contributed by atoms with Crippen LogP contribution in [0, 0.1) is 5.92 Å². The van der Waals surface area contributed by atoms with Gasteiger partial charge in [-0.1, -0.05) is 6.42 Å². The van der Waals surface area contributed by atoms with Gasteiger partial charge in [-0.25, -0.2) is 0 Å². The predicted molar refractivity (Wildman–Crippen MR) is 68.6 cm³/mol. The highest BCUT2D eigenvalue weighted by Gasteiger charge is 2.27. The molecule has 0 aromatic heterocycles. The van der Waals surface area contributed by atoms with E-state index in [-0.39, 0.29) is 17.9 Å². The molecule has 17 heavy (non-hydrogen) atoms. The van der Waals surface area contributed by atoms with Crippen molar-refractivity contribution in [3.63, 3.8) is 0 Å². The quantitative estimate of drug-likeness (QED) is 0.763. The molecule has 1 aliphatic heterocycles. The third kappa shape index (κ3) is 3.42. The summed E-state index contributed by atoms with van der Waals surface area (Å²) in [6.07, 6.45) is 6.52. The van der Waals surface area contributed by atoms with Crippen molar-refractivity contribution in [2.75, 3.05) is 20.1 Å². The second-order valence-electron chi connectivity index (χ2n) is 5.65. The van der Waals surface area contributed by atoms with Crippen molar-refractivity contribution in [2.45, 2.75) is 50.6 Å². The van der Waals surface area contributed by atoms with Gasteiger partial charge >= 0.3 is 0 Å². The average molecular weight is 239 g/mol. The lowest BCUT2D eigenvalue weighted by molar-refractivity contribution is -0.126. The molecule has 0 bridgehead atoms. The molecule has 0 spiro atoms. The fraction of sp³-hybridized carbons (Fsp3) is 0.923. The second-order valence-corrected chi connectivity index (χ2v) is 5.65. The van der Waals surface area contributed by atoms with E-state index in [9.17, 15) is 4.79 Å². The molecule has 1 heterocycles. The first-order valence-electron chi connectivity index (χ1n) is 6.90. The predicted octanol–water partition coefficient (Wildman–Crippen LogP) is 0.714. The number of nitrogens with one attached hydrogen (secondary N) is 1. The van der Waals surface area contributed by atoms with Crippen LogP contribution in [0.2, 0.25) is 0 Å². The number of carbonyl (C=O) groups is 1. The molecule has 0 aromatic rings. The molecule has 98 valence electrons. The van der Waals surface area contributed by atoms with Gasteiger partial charge in [-0.15, -0.1) is 0 Å². The van der Waals surface area contributed by atoms with Crippen molar-refractivity contribution in [1.82, 2.24) is 10.2 Å². The van der Waals surface area contributed by atoms with Gasteiger partial charge in [-0.05, 0) is 45.7 Å². The van der Waals surface area contributed by atoms with Gasteiger partial charge in [-0.2, -0.15) is 0 Å². The standard InChI is InChI=1S/C13H25N3O/c1-16-7-3-6-12(16)9-15-13(17)10-4-2-5-11(14)8-10/h10-12H,2-9,14H2,1H3,(H,15,17). The summed E-state index contributed by atoms with van der Waals surface area (Å²) in [6.45, 7) is 1.97. The van der Waals surface area contributed by atoms with Crippen molar-refractivity contribution in [1.29, 1.82) is 0 Å². The molecule has 3 atom stereocenters. The molecule has 2 aliphatic rings. The molecule has 1 amide bonds. The Bertz CT molecular complexity index is 269. The van der Waals surface area contributed by atoms with E-state index in [0.717, 1.165) is 38.8 Å². The molecule has 4 nitrogen and oxygen atoms in total. The molecule has 2 fully saturated rings. The number of rotatable bonds is 3. The molecular weight excluding hydrogens is 214 g/mol. The first kappa shape index (κ1) is 12.8. The summed E-state index contributed by atoms with van der Waals surface area (Å²) >= 11 is 0. The number of hydrogen-bond donors (Lipinski definition) is 2. The smallest absolute Gasteiger partial charge is 0.223 e. The summed E-state index contributed by atoms with van der Waals surface area (Å²) in [5, 5.41) is 3.11. The lowest BCUT2D eigenvalue weighted by atomic mass is 9.85. The Kier molecular flexibility index (Phi) is 4.40. The fourth-order valence-electron chi connectivity index (χ4n) is 3.07. The first-order valence-corrected chi connectivity index (χ1v) is 6.90. The Balaban J connectivity index is 1.73. The summed E-state index contributed by atoms with van der Waals surface area (Å²) in [4.78, 5) is 14.4. The van der Waals surface area contributed by atoms with Gasteiger partial charge < -0.3 is 16.0 Å². The summed E-state index contributed by atoms with van der Waals surface area (Å²) in [6, 6.07) is 0.768. The summed E-state index contributed by atoms with van der Waals surface area (Å²) in [5.74, 6) is 0.380. The molecule has 1 aliphatic carbocycles. The maximum atomic E-state index is 12.0. The van der Waals surface area contributed by atoms with Crippen LogP contribution < -0.4 is 11.1 Å².